The number of hydrogen-bond donors (Lipinski definition) is 3. The lowest BCUT2D eigenvalue weighted by Crippen LogP contribution is -2.51. The van der Waals surface area contributed by atoms with Crippen LogP contribution in [0.25, 0.3) is 0 Å². The van der Waals surface area contributed by atoms with Crippen LogP contribution < -0.4 is 10.6 Å². The van der Waals surface area contributed by atoms with Crippen LogP contribution in [0.15, 0.2) is 16.8 Å². The van der Waals surface area contributed by atoms with Gasteiger partial charge in [0.25, 0.3) is 0 Å². The molecule has 0 aromatic carbocycles. The van der Waals surface area contributed by atoms with Gasteiger partial charge >= 0.3 is 6.09 Å². The van der Waals surface area contributed by atoms with Crippen LogP contribution in [0, 0.1) is 34.5 Å². The van der Waals surface area contributed by atoms with Gasteiger partial charge in [-0.15, -0.1) is 0 Å². The molecule has 0 aliphatic heterocycles. The first-order valence-electron chi connectivity index (χ1n) is 14.3. The number of fused-ring (bicyclic) bond motifs is 5. The Morgan fingerprint density at radius 3 is 2.61 bits per heavy atom. The van der Waals surface area contributed by atoms with E-state index in [9.17, 15) is 9.90 Å². The van der Waals surface area contributed by atoms with Gasteiger partial charge in [0.15, 0.2) is 0 Å². The van der Waals surface area contributed by atoms with Crippen molar-refractivity contribution < 1.29 is 19.2 Å². The van der Waals surface area contributed by atoms with Crippen molar-refractivity contribution in [1.82, 2.24) is 10.6 Å². The summed E-state index contributed by atoms with van der Waals surface area (Å²) in [6.45, 7) is 10.2. The van der Waals surface area contributed by atoms with Crippen molar-refractivity contribution >= 4 is 11.8 Å². The molecule has 0 aromatic heterocycles. The number of allylic oxidation sites excluding steroid dienone is 1. The molecule has 0 aromatic rings. The van der Waals surface area contributed by atoms with Crippen LogP contribution >= 0.6 is 0 Å². The van der Waals surface area contributed by atoms with E-state index in [0.29, 0.717) is 18.4 Å². The lowest BCUT2D eigenvalue weighted by atomic mass is 9.46. The van der Waals surface area contributed by atoms with Crippen molar-refractivity contribution in [1.29, 1.82) is 0 Å². The number of nitrogens with zero attached hydrogens (tertiary/aromatic N) is 2. The number of amides is 1. The molecule has 7 heteroatoms. The van der Waals surface area contributed by atoms with Gasteiger partial charge in [-0.2, -0.15) is 0 Å². The van der Waals surface area contributed by atoms with E-state index < -0.39 is 6.09 Å². The molecule has 4 aliphatic rings. The third-order valence-corrected chi connectivity index (χ3v) is 10.4. The van der Waals surface area contributed by atoms with Gasteiger partial charge in [0, 0.05) is 25.6 Å². The Hall–Kier alpha value is -1.44. The van der Waals surface area contributed by atoms with Gasteiger partial charge in [-0.25, -0.2) is 4.79 Å². The van der Waals surface area contributed by atoms with Crippen molar-refractivity contribution in [2.24, 2.45) is 39.7 Å². The van der Waals surface area contributed by atoms with E-state index in [2.05, 4.69) is 63.8 Å². The predicted molar refractivity (Wildman–Crippen MR) is 145 cm³/mol. The predicted octanol–water partition coefficient (Wildman–Crippen LogP) is 4.32. The van der Waals surface area contributed by atoms with E-state index >= 15 is 0 Å². The smallest absolute Gasteiger partial charge is 0.389 e. The number of oxime groups is 1. The van der Waals surface area contributed by atoms with Crippen LogP contribution in [0.2, 0.25) is 0 Å². The largest absolute Gasteiger partial charge is 0.433 e. The van der Waals surface area contributed by atoms with Crippen molar-refractivity contribution in [3.63, 3.8) is 0 Å². The second kappa shape index (κ2) is 10.7. The molecule has 0 unspecified atom stereocenters. The summed E-state index contributed by atoms with van der Waals surface area (Å²) >= 11 is 0. The van der Waals surface area contributed by atoms with Crippen LogP contribution in [0.4, 0.5) is 4.79 Å². The molecule has 7 atom stereocenters. The van der Waals surface area contributed by atoms with E-state index in [4.69, 9.17) is 4.84 Å². The molecule has 3 saturated carbocycles. The molecular weight excluding hydrogens is 452 g/mol. The fourth-order valence-electron chi connectivity index (χ4n) is 8.40. The zero-order chi connectivity index (χ0) is 26.1. The zero-order valence-corrected chi connectivity index (χ0v) is 23.6. The molecule has 1 amide bonds. The molecule has 36 heavy (non-hydrogen) atoms. The third kappa shape index (κ3) is 5.68. The standard InChI is InChI=1S/C29H50N4O3/c1-20(32-36-27(35)31-16-15-30-17-18-33(4,5)6)24-9-10-25-23-8-7-21-19-22(34)11-13-28(21,2)26(23)12-14-29(24,25)3/h19,22-26,30,34H,7-18H2,1-6H3/p+1/b32-20+/t22-,23+,24-,25+,26+,28+,29-/m1/s1. The summed E-state index contributed by atoms with van der Waals surface area (Å²) in [4.78, 5) is 17.5. The average molecular weight is 504 g/mol. The van der Waals surface area contributed by atoms with E-state index in [1.54, 1.807) is 0 Å². The molecular formula is C29H51N4O3+. The van der Waals surface area contributed by atoms with E-state index in [1.165, 1.54) is 31.3 Å². The van der Waals surface area contributed by atoms with Gasteiger partial charge in [-0.05, 0) is 86.9 Å². The lowest BCUT2D eigenvalue weighted by Gasteiger charge is -2.58. The Morgan fingerprint density at radius 1 is 1.08 bits per heavy atom. The Morgan fingerprint density at radius 2 is 1.86 bits per heavy atom. The molecule has 4 rings (SSSR count). The molecule has 0 spiro atoms. The number of nitrogens with one attached hydrogen (secondary N) is 2. The van der Waals surface area contributed by atoms with Gasteiger partial charge in [0.1, 0.15) is 0 Å². The second-order valence-electron chi connectivity index (χ2n) is 13.6. The summed E-state index contributed by atoms with van der Waals surface area (Å²) in [7, 11) is 6.50. The number of carbonyl (C=O) groups excluding carboxylic acids is 1. The molecule has 0 radical (unpaired) electrons. The number of aliphatic hydroxyl groups is 1. The summed E-state index contributed by atoms with van der Waals surface area (Å²) in [6, 6.07) is 0. The minimum atomic E-state index is -0.467. The highest BCUT2D eigenvalue weighted by molar-refractivity contribution is 5.85. The molecule has 3 fully saturated rings. The number of likely N-dealkylation sites (N-methyl/N-ethyl adjacent to an activating group) is 1. The highest BCUT2D eigenvalue weighted by Crippen LogP contribution is 2.66. The van der Waals surface area contributed by atoms with Crippen molar-refractivity contribution in [2.75, 3.05) is 47.3 Å². The van der Waals surface area contributed by atoms with Gasteiger partial charge in [0.2, 0.25) is 0 Å². The highest BCUT2D eigenvalue weighted by atomic mass is 16.7. The number of carbonyl (C=O) groups is 1. The quantitative estimate of drug-likeness (QED) is 0.115. The number of hydrogen-bond acceptors (Lipinski definition) is 5. The van der Waals surface area contributed by atoms with E-state index in [0.717, 1.165) is 67.3 Å². The van der Waals surface area contributed by atoms with Crippen LogP contribution in [0.1, 0.15) is 72.1 Å². The molecule has 204 valence electrons. The van der Waals surface area contributed by atoms with Gasteiger partial charge < -0.3 is 20.2 Å². The Kier molecular flexibility index (Phi) is 8.23. The summed E-state index contributed by atoms with van der Waals surface area (Å²) in [5.74, 6) is 2.58. The van der Waals surface area contributed by atoms with Crippen molar-refractivity contribution in [3.8, 4) is 0 Å². The van der Waals surface area contributed by atoms with E-state index in [-0.39, 0.29) is 16.9 Å². The maximum Gasteiger partial charge on any atom is 0.433 e. The third-order valence-electron chi connectivity index (χ3n) is 10.4. The molecule has 7 nitrogen and oxygen atoms in total. The van der Waals surface area contributed by atoms with Crippen molar-refractivity contribution in [3.05, 3.63) is 11.6 Å². The Balaban J connectivity index is 1.30. The summed E-state index contributed by atoms with van der Waals surface area (Å²) in [5, 5.41) is 20.7. The fraction of sp³-hybridized carbons (Fsp3) is 0.862. The number of rotatable bonds is 8. The highest BCUT2D eigenvalue weighted by Gasteiger charge is 2.59. The molecule has 3 N–H and O–H groups in total. The maximum absolute atomic E-state index is 12.2. The topological polar surface area (TPSA) is 83.0 Å². The summed E-state index contributed by atoms with van der Waals surface area (Å²) in [6.07, 6.45) is 10.8. The molecule has 4 aliphatic carbocycles. The first-order chi connectivity index (χ1) is 16.9. The van der Waals surface area contributed by atoms with Crippen LogP contribution in [0.5, 0.6) is 0 Å². The van der Waals surface area contributed by atoms with Gasteiger partial charge in [-0.1, -0.05) is 30.7 Å². The van der Waals surface area contributed by atoms with Gasteiger partial charge in [-0.3, -0.25) is 4.84 Å². The van der Waals surface area contributed by atoms with Crippen molar-refractivity contribution in [2.45, 2.75) is 78.2 Å². The van der Waals surface area contributed by atoms with E-state index in [1.807, 2.05) is 0 Å². The first kappa shape index (κ1) is 27.6. The lowest BCUT2D eigenvalue weighted by molar-refractivity contribution is -0.869. The fourth-order valence-corrected chi connectivity index (χ4v) is 8.40. The van der Waals surface area contributed by atoms with Crippen LogP contribution in [-0.2, 0) is 4.84 Å². The minimum Gasteiger partial charge on any atom is -0.389 e. The molecule has 0 bridgehead atoms. The van der Waals surface area contributed by atoms with Crippen LogP contribution in [0.3, 0.4) is 0 Å². The monoisotopic (exact) mass is 503 g/mol. The zero-order valence-electron chi connectivity index (χ0n) is 23.6. The number of aliphatic hydroxyl groups excluding tert-OH is 1. The summed E-state index contributed by atoms with van der Waals surface area (Å²) in [5.41, 5.74) is 3.00. The van der Waals surface area contributed by atoms with Crippen LogP contribution in [-0.4, -0.2) is 74.8 Å². The van der Waals surface area contributed by atoms with Gasteiger partial charge in [0.05, 0.1) is 39.5 Å². The number of quaternary nitrogens is 1. The first-order valence-corrected chi connectivity index (χ1v) is 14.3. The summed E-state index contributed by atoms with van der Waals surface area (Å²) < 4.78 is 0.917. The second-order valence-corrected chi connectivity index (χ2v) is 13.6. The Bertz CT molecular complexity index is 865. The SMILES string of the molecule is C/C(=N\OC(=O)NCCNCC[N+](C)(C)C)[C@H]1CC[C@H]2[C@@H]3CCC4=C[C@H](O)CC[C@]4(C)[C@H]3CC[C@]12C. The molecule has 0 saturated heterocycles. The molecule has 0 heterocycles. The normalized spacial score (nSPS) is 38.5. The maximum atomic E-state index is 12.2. The minimum absolute atomic E-state index is 0.232. The average Bonchev–Trinajstić information content (AvgIpc) is 3.17. The Labute approximate surface area is 218 Å².